The SMILES string of the molecule is O=c1[nH]cnc2cc(NCC3(c4ccc(Cl)cc4)CCNCC3)ccc12. The summed E-state index contributed by atoms with van der Waals surface area (Å²) in [6.45, 7) is 2.82. The highest BCUT2D eigenvalue weighted by molar-refractivity contribution is 6.30. The number of halogens is 1. The average molecular weight is 369 g/mol. The van der Waals surface area contributed by atoms with Gasteiger partial charge < -0.3 is 15.6 Å². The molecule has 1 saturated heterocycles. The van der Waals surface area contributed by atoms with Crippen LogP contribution >= 0.6 is 11.6 Å². The summed E-state index contributed by atoms with van der Waals surface area (Å²) < 4.78 is 0. The third-order valence-corrected chi connectivity index (χ3v) is 5.54. The summed E-state index contributed by atoms with van der Waals surface area (Å²) in [6.07, 6.45) is 3.57. The molecule has 1 fully saturated rings. The van der Waals surface area contributed by atoms with Crippen molar-refractivity contribution in [3.05, 3.63) is 69.7 Å². The molecule has 1 aromatic heterocycles. The summed E-state index contributed by atoms with van der Waals surface area (Å²) in [6, 6.07) is 13.9. The standard InChI is InChI=1S/C20H21ClN4O/c21-15-3-1-14(2-4-15)20(7-9-22-10-8-20)12-23-16-5-6-17-18(11-16)24-13-25-19(17)26/h1-6,11,13,22-23H,7-10,12H2,(H,24,25,26). The van der Waals surface area contributed by atoms with Crippen molar-refractivity contribution in [1.29, 1.82) is 0 Å². The number of hydrogen-bond acceptors (Lipinski definition) is 4. The predicted octanol–water partition coefficient (Wildman–Crippen LogP) is 3.31. The first-order chi connectivity index (χ1) is 12.7. The van der Waals surface area contributed by atoms with Crippen molar-refractivity contribution in [3.63, 3.8) is 0 Å². The molecule has 0 saturated carbocycles. The smallest absolute Gasteiger partial charge is 0.258 e. The minimum absolute atomic E-state index is 0.0619. The second kappa shape index (κ2) is 7.09. The van der Waals surface area contributed by atoms with Gasteiger partial charge in [0.25, 0.3) is 5.56 Å². The molecule has 0 unspecified atom stereocenters. The number of H-pyrrole nitrogens is 1. The fourth-order valence-electron chi connectivity index (χ4n) is 3.73. The normalized spacial score (nSPS) is 16.5. The van der Waals surface area contributed by atoms with E-state index in [0.29, 0.717) is 10.9 Å². The topological polar surface area (TPSA) is 69.8 Å². The Labute approximate surface area is 156 Å². The number of hydrogen-bond donors (Lipinski definition) is 3. The first-order valence-corrected chi connectivity index (χ1v) is 9.22. The first kappa shape index (κ1) is 17.1. The van der Waals surface area contributed by atoms with E-state index in [1.165, 1.54) is 11.9 Å². The monoisotopic (exact) mass is 368 g/mol. The van der Waals surface area contributed by atoms with E-state index in [1.807, 2.05) is 30.3 Å². The van der Waals surface area contributed by atoms with E-state index < -0.39 is 0 Å². The maximum atomic E-state index is 11.8. The second-order valence-electron chi connectivity index (χ2n) is 6.85. The number of nitrogens with zero attached hydrogens (tertiary/aromatic N) is 1. The number of benzene rings is 2. The van der Waals surface area contributed by atoms with Crippen LogP contribution in [-0.2, 0) is 5.41 Å². The summed E-state index contributed by atoms with van der Waals surface area (Å²) in [7, 11) is 0. The summed E-state index contributed by atoms with van der Waals surface area (Å²) in [5, 5.41) is 8.38. The van der Waals surface area contributed by atoms with E-state index in [0.717, 1.165) is 43.2 Å². The molecule has 0 radical (unpaired) electrons. The number of aromatic nitrogens is 2. The van der Waals surface area contributed by atoms with Gasteiger partial charge in [0.15, 0.2) is 0 Å². The lowest BCUT2D eigenvalue weighted by molar-refractivity contribution is 0.323. The third kappa shape index (κ3) is 3.32. The van der Waals surface area contributed by atoms with E-state index >= 15 is 0 Å². The molecule has 26 heavy (non-hydrogen) atoms. The van der Waals surface area contributed by atoms with Crippen molar-refractivity contribution < 1.29 is 0 Å². The Bertz CT molecular complexity index is 961. The molecule has 0 atom stereocenters. The fraction of sp³-hybridized carbons (Fsp3) is 0.300. The van der Waals surface area contributed by atoms with E-state index in [4.69, 9.17) is 11.6 Å². The Kier molecular flexibility index (Phi) is 4.66. The van der Waals surface area contributed by atoms with Crippen LogP contribution < -0.4 is 16.2 Å². The van der Waals surface area contributed by atoms with E-state index in [-0.39, 0.29) is 11.0 Å². The van der Waals surface area contributed by atoms with Gasteiger partial charge in [0.1, 0.15) is 0 Å². The molecule has 3 N–H and O–H groups in total. The van der Waals surface area contributed by atoms with Crippen LogP contribution in [0, 0.1) is 0 Å². The fourth-order valence-corrected chi connectivity index (χ4v) is 3.85. The number of rotatable bonds is 4. The van der Waals surface area contributed by atoms with E-state index in [9.17, 15) is 4.79 Å². The van der Waals surface area contributed by atoms with Crippen LogP contribution in [0.5, 0.6) is 0 Å². The predicted molar refractivity (Wildman–Crippen MR) is 106 cm³/mol. The van der Waals surface area contributed by atoms with Crippen LogP contribution in [0.15, 0.2) is 53.6 Å². The molecule has 0 bridgehead atoms. The molecule has 0 aliphatic carbocycles. The van der Waals surface area contributed by atoms with Crippen LogP contribution in [0.2, 0.25) is 5.02 Å². The lowest BCUT2D eigenvalue weighted by atomic mass is 9.73. The highest BCUT2D eigenvalue weighted by Crippen LogP contribution is 2.34. The van der Waals surface area contributed by atoms with Crippen molar-refractivity contribution in [1.82, 2.24) is 15.3 Å². The maximum Gasteiger partial charge on any atom is 0.258 e. The summed E-state index contributed by atoms with van der Waals surface area (Å²) in [5.41, 5.74) is 2.93. The zero-order valence-corrected chi connectivity index (χ0v) is 15.1. The van der Waals surface area contributed by atoms with Gasteiger partial charge in [-0.25, -0.2) is 4.98 Å². The zero-order valence-electron chi connectivity index (χ0n) is 14.4. The number of piperidine rings is 1. The van der Waals surface area contributed by atoms with Gasteiger partial charge in [-0.15, -0.1) is 0 Å². The Hall–Kier alpha value is -2.37. The number of anilines is 1. The molecule has 5 nitrogen and oxygen atoms in total. The average Bonchev–Trinajstić information content (AvgIpc) is 2.68. The van der Waals surface area contributed by atoms with Crippen LogP contribution in [0.3, 0.4) is 0 Å². The second-order valence-corrected chi connectivity index (χ2v) is 7.29. The number of aromatic amines is 1. The third-order valence-electron chi connectivity index (χ3n) is 5.29. The molecule has 1 aliphatic rings. The molecule has 0 amide bonds. The van der Waals surface area contributed by atoms with Crippen LogP contribution in [0.25, 0.3) is 10.9 Å². The van der Waals surface area contributed by atoms with Crippen LogP contribution in [-0.4, -0.2) is 29.6 Å². The largest absolute Gasteiger partial charge is 0.384 e. The molecule has 4 rings (SSSR count). The van der Waals surface area contributed by atoms with Gasteiger partial charge in [0.05, 0.1) is 17.2 Å². The lowest BCUT2D eigenvalue weighted by Gasteiger charge is -2.38. The van der Waals surface area contributed by atoms with Crippen molar-refractivity contribution in [2.24, 2.45) is 0 Å². The summed E-state index contributed by atoms with van der Waals surface area (Å²) in [5.74, 6) is 0. The molecule has 2 heterocycles. The molecule has 0 spiro atoms. The molecular formula is C20H21ClN4O. The van der Waals surface area contributed by atoms with Gasteiger partial charge in [0.2, 0.25) is 0 Å². The quantitative estimate of drug-likeness (QED) is 0.660. The number of nitrogens with one attached hydrogen (secondary N) is 3. The van der Waals surface area contributed by atoms with Crippen molar-refractivity contribution in [3.8, 4) is 0 Å². The Balaban J connectivity index is 1.60. The van der Waals surface area contributed by atoms with Gasteiger partial charge in [-0.3, -0.25) is 4.79 Å². The lowest BCUT2D eigenvalue weighted by Crippen LogP contribution is -2.44. The van der Waals surface area contributed by atoms with Crippen molar-refractivity contribution in [2.45, 2.75) is 18.3 Å². The molecule has 2 aromatic carbocycles. The highest BCUT2D eigenvalue weighted by Gasteiger charge is 2.33. The maximum absolute atomic E-state index is 11.8. The van der Waals surface area contributed by atoms with Crippen molar-refractivity contribution in [2.75, 3.05) is 25.0 Å². The van der Waals surface area contributed by atoms with Gasteiger partial charge in [-0.05, 0) is 61.8 Å². The van der Waals surface area contributed by atoms with Crippen LogP contribution in [0.1, 0.15) is 18.4 Å². The summed E-state index contributed by atoms with van der Waals surface area (Å²) in [4.78, 5) is 18.7. The highest BCUT2D eigenvalue weighted by atomic mass is 35.5. The molecule has 6 heteroatoms. The summed E-state index contributed by atoms with van der Waals surface area (Å²) >= 11 is 6.07. The minimum atomic E-state index is -0.113. The number of fused-ring (bicyclic) bond motifs is 1. The van der Waals surface area contributed by atoms with Crippen molar-refractivity contribution >= 4 is 28.2 Å². The molecule has 134 valence electrons. The zero-order chi connectivity index (χ0) is 18.0. The van der Waals surface area contributed by atoms with Gasteiger partial charge in [-0.1, -0.05) is 23.7 Å². The van der Waals surface area contributed by atoms with Gasteiger partial charge in [0, 0.05) is 22.7 Å². The van der Waals surface area contributed by atoms with Gasteiger partial charge in [-0.2, -0.15) is 0 Å². The minimum Gasteiger partial charge on any atom is -0.384 e. The van der Waals surface area contributed by atoms with Crippen LogP contribution in [0.4, 0.5) is 5.69 Å². The van der Waals surface area contributed by atoms with E-state index in [1.54, 1.807) is 0 Å². The Morgan fingerprint density at radius 2 is 1.88 bits per heavy atom. The Morgan fingerprint density at radius 1 is 1.12 bits per heavy atom. The Morgan fingerprint density at radius 3 is 2.65 bits per heavy atom. The van der Waals surface area contributed by atoms with E-state index in [2.05, 4.69) is 32.7 Å². The molecular weight excluding hydrogens is 348 g/mol. The molecule has 1 aliphatic heterocycles. The van der Waals surface area contributed by atoms with Gasteiger partial charge >= 0.3 is 0 Å². The molecule has 3 aromatic rings. The first-order valence-electron chi connectivity index (χ1n) is 8.84.